The molecule has 3 aromatic rings. The molecule has 0 aromatic heterocycles. The molecule has 0 radical (unpaired) electrons. The van der Waals surface area contributed by atoms with Gasteiger partial charge in [0.25, 0.3) is 21.9 Å². The van der Waals surface area contributed by atoms with Gasteiger partial charge in [-0.2, -0.15) is 8.42 Å². The van der Waals surface area contributed by atoms with Gasteiger partial charge in [0.2, 0.25) is 0 Å². The Morgan fingerprint density at radius 2 is 1.67 bits per heavy atom. The van der Waals surface area contributed by atoms with Crippen molar-refractivity contribution in [2.24, 2.45) is 0 Å². The molecular formula is C18H9BrClNO5S. The highest BCUT2D eigenvalue weighted by molar-refractivity contribution is 9.10. The summed E-state index contributed by atoms with van der Waals surface area (Å²) in [5.74, 6) is -1.27. The summed E-state index contributed by atoms with van der Waals surface area (Å²) in [5.41, 5.74) is 0.454. The van der Waals surface area contributed by atoms with Gasteiger partial charge in [0.05, 0.1) is 21.2 Å². The zero-order chi connectivity index (χ0) is 19.5. The molecule has 136 valence electrons. The highest BCUT2D eigenvalue weighted by Crippen LogP contribution is 2.37. The zero-order valence-corrected chi connectivity index (χ0v) is 16.5. The average molecular weight is 467 g/mol. The second-order valence-corrected chi connectivity index (χ2v) is 8.64. The van der Waals surface area contributed by atoms with Gasteiger partial charge in [-0.25, -0.2) is 4.90 Å². The fourth-order valence-electron chi connectivity index (χ4n) is 3.11. The highest BCUT2D eigenvalue weighted by Gasteiger charge is 2.35. The lowest BCUT2D eigenvalue weighted by Crippen LogP contribution is -2.40. The Morgan fingerprint density at radius 3 is 2.37 bits per heavy atom. The van der Waals surface area contributed by atoms with Crippen molar-refractivity contribution >= 4 is 65.9 Å². The van der Waals surface area contributed by atoms with Gasteiger partial charge in [0.1, 0.15) is 0 Å². The summed E-state index contributed by atoms with van der Waals surface area (Å²) in [5, 5.41) is 1.24. The Kier molecular flexibility index (Phi) is 4.12. The van der Waals surface area contributed by atoms with Crippen molar-refractivity contribution in [1.29, 1.82) is 0 Å². The maximum atomic E-state index is 13.1. The van der Waals surface area contributed by atoms with Crippen LogP contribution in [0.25, 0.3) is 10.8 Å². The summed E-state index contributed by atoms with van der Waals surface area (Å²) < 4.78 is 32.9. The number of nitrogens with zero attached hydrogens (tertiary/aromatic N) is 1. The molecule has 0 spiro atoms. The first-order valence-electron chi connectivity index (χ1n) is 7.56. The number of amides is 2. The fraction of sp³-hybridized carbons (Fsp3) is 0. The van der Waals surface area contributed by atoms with Gasteiger partial charge in [0.15, 0.2) is 0 Å². The number of carbonyl (C=O) groups excluding carboxylic acids is 2. The monoisotopic (exact) mass is 465 g/mol. The number of rotatable bonds is 2. The van der Waals surface area contributed by atoms with Crippen molar-refractivity contribution < 1.29 is 22.6 Å². The quantitative estimate of drug-likeness (QED) is 0.449. The van der Waals surface area contributed by atoms with E-state index in [-0.39, 0.29) is 16.3 Å². The molecule has 0 bridgehead atoms. The Bertz CT molecular complexity index is 1270. The van der Waals surface area contributed by atoms with Crippen LogP contribution in [0.5, 0.6) is 0 Å². The number of imide groups is 1. The van der Waals surface area contributed by atoms with Gasteiger partial charge in [-0.3, -0.25) is 14.1 Å². The molecule has 1 aliphatic rings. The van der Waals surface area contributed by atoms with Gasteiger partial charge in [-0.05, 0) is 41.8 Å². The number of anilines is 1. The van der Waals surface area contributed by atoms with Crippen LogP contribution in [0.2, 0.25) is 5.02 Å². The number of carbonyl (C=O) groups is 2. The van der Waals surface area contributed by atoms with E-state index in [4.69, 9.17) is 11.6 Å². The zero-order valence-electron chi connectivity index (χ0n) is 13.3. The third kappa shape index (κ3) is 2.85. The molecular weight excluding hydrogens is 458 g/mol. The van der Waals surface area contributed by atoms with Crippen LogP contribution in [-0.4, -0.2) is 24.8 Å². The molecule has 0 saturated carbocycles. The third-order valence-corrected chi connectivity index (χ3v) is 5.89. The van der Waals surface area contributed by atoms with Gasteiger partial charge in [-0.15, -0.1) is 0 Å². The van der Waals surface area contributed by atoms with Crippen LogP contribution >= 0.6 is 27.5 Å². The molecule has 1 heterocycles. The Balaban J connectivity index is 2.00. The van der Waals surface area contributed by atoms with E-state index in [9.17, 15) is 22.6 Å². The molecule has 0 atom stereocenters. The first-order valence-corrected chi connectivity index (χ1v) is 10.2. The molecule has 2 amide bonds. The molecule has 0 unspecified atom stereocenters. The molecule has 9 heteroatoms. The normalized spacial score (nSPS) is 14.1. The van der Waals surface area contributed by atoms with Crippen LogP contribution in [0.4, 0.5) is 5.69 Å². The van der Waals surface area contributed by atoms with E-state index in [1.165, 1.54) is 6.07 Å². The molecule has 3 aromatic carbocycles. The predicted molar refractivity (Wildman–Crippen MR) is 104 cm³/mol. The van der Waals surface area contributed by atoms with Gasteiger partial charge in [-0.1, -0.05) is 39.7 Å². The topological polar surface area (TPSA) is 91.8 Å². The molecule has 1 aliphatic heterocycles. The summed E-state index contributed by atoms with van der Waals surface area (Å²) in [6.45, 7) is 0. The van der Waals surface area contributed by atoms with Crippen LogP contribution in [0.15, 0.2) is 57.9 Å². The Morgan fingerprint density at radius 1 is 0.963 bits per heavy atom. The first kappa shape index (κ1) is 18.1. The minimum absolute atomic E-state index is 0.00489. The molecule has 27 heavy (non-hydrogen) atoms. The molecule has 4 rings (SSSR count). The number of hydrogen-bond acceptors (Lipinski definition) is 4. The molecule has 0 aliphatic carbocycles. The van der Waals surface area contributed by atoms with Crippen molar-refractivity contribution in [2.45, 2.75) is 4.90 Å². The number of benzene rings is 3. The third-order valence-electron chi connectivity index (χ3n) is 4.26. The van der Waals surface area contributed by atoms with Crippen molar-refractivity contribution in [3.8, 4) is 0 Å². The van der Waals surface area contributed by atoms with E-state index in [0.717, 1.165) is 22.4 Å². The molecule has 0 saturated heterocycles. The van der Waals surface area contributed by atoms with Crippen molar-refractivity contribution in [1.82, 2.24) is 0 Å². The van der Waals surface area contributed by atoms with Crippen LogP contribution in [0.1, 0.15) is 20.7 Å². The van der Waals surface area contributed by atoms with Crippen molar-refractivity contribution in [2.75, 3.05) is 4.90 Å². The van der Waals surface area contributed by atoms with Crippen molar-refractivity contribution in [3.05, 3.63) is 69.2 Å². The summed E-state index contributed by atoms with van der Waals surface area (Å²) in [7, 11) is -4.54. The Hall–Kier alpha value is -2.26. The average Bonchev–Trinajstić information content (AvgIpc) is 2.59. The second-order valence-electron chi connectivity index (χ2n) is 5.89. The van der Waals surface area contributed by atoms with Crippen LogP contribution in [-0.2, 0) is 10.1 Å². The van der Waals surface area contributed by atoms with Crippen LogP contribution in [0, 0.1) is 0 Å². The first-order chi connectivity index (χ1) is 12.7. The van der Waals surface area contributed by atoms with E-state index < -0.39 is 26.8 Å². The van der Waals surface area contributed by atoms with E-state index >= 15 is 0 Å². The fourth-order valence-corrected chi connectivity index (χ4v) is 4.29. The van der Waals surface area contributed by atoms with Crippen molar-refractivity contribution in [3.63, 3.8) is 0 Å². The summed E-state index contributed by atoms with van der Waals surface area (Å²) in [6, 6.07) is 11.7. The van der Waals surface area contributed by atoms with E-state index in [1.807, 2.05) is 0 Å². The summed E-state index contributed by atoms with van der Waals surface area (Å²) in [4.78, 5) is 26.5. The lowest BCUT2D eigenvalue weighted by molar-refractivity contribution is 0.0893. The summed E-state index contributed by atoms with van der Waals surface area (Å²) >= 11 is 9.49. The molecule has 1 N–H and O–H groups in total. The maximum absolute atomic E-state index is 13.1. The smallest absolute Gasteiger partial charge is 0.282 e. The van der Waals surface area contributed by atoms with Gasteiger partial charge in [0, 0.05) is 15.4 Å². The van der Waals surface area contributed by atoms with Gasteiger partial charge < -0.3 is 0 Å². The van der Waals surface area contributed by atoms with E-state index in [0.29, 0.717) is 15.4 Å². The minimum Gasteiger partial charge on any atom is -0.282 e. The predicted octanol–water partition coefficient (Wildman–Crippen LogP) is 4.30. The van der Waals surface area contributed by atoms with E-state index in [1.54, 1.807) is 30.3 Å². The molecule has 0 fully saturated rings. The largest absolute Gasteiger partial charge is 0.294 e. The minimum atomic E-state index is -4.54. The van der Waals surface area contributed by atoms with Crippen LogP contribution < -0.4 is 4.90 Å². The Labute approximate surface area is 167 Å². The van der Waals surface area contributed by atoms with Gasteiger partial charge >= 0.3 is 0 Å². The lowest BCUT2D eigenvalue weighted by atomic mass is 9.94. The number of halogens is 2. The maximum Gasteiger partial charge on any atom is 0.294 e. The standard InChI is InChI=1S/C18H9BrClNO5S/c19-10-6-9-2-1-3-12-16(9)13(7-10)18(23)21(17(12)22)15-8-11(27(24,25)26)4-5-14(15)20/h1-8H,(H,24,25,26). The second kappa shape index (κ2) is 6.13. The number of hydrogen-bond donors (Lipinski definition) is 1. The SMILES string of the molecule is O=C1c2cccc3cc(Br)cc(c23)C(=O)N1c1cc(S(=O)(=O)O)ccc1Cl. The molecule has 6 nitrogen and oxygen atoms in total. The highest BCUT2D eigenvalue weighted by atomic mass is 79.9. The lowest BCUT2D eigenvalue weighted by Gasteiger charge is -2.28. The van der Waals surface area contributed by atoms with Crippen LogP contribution in [0.3, 0.4) is 0 Å². The summed E-state index contributed by atoms with van der Waals surface area (Å²) in [6.07, 6.45) is 0. The van der Waals surface area contributed by atoms with E-state index in [2.05, 4.69) is 15.9 Å².